The number of hydrogen-bond acceptors (Lipinski definition) is 2. The Hall–Kier alpha value is -4.19. The van der Waals surface area contributed by atoms with E-state index in [0.717, 1.165) is 42.6 Å². The fourth-order valence-electron chi connectivity index (χ4n) is 6.23. The second kappa shape index (κ2) is 10.3. The van der Waals surface area contributed by atoms with Gasteiger partial charge in [-0.1, -0.05) is 66.6 Å². The van der Waals surface area contributed by atoms with Crippen LogP contribution in [0.1, 0.15) is 55.0 Å². The second-order valence-electron chi connectivity index (χ2n) is 10.3. The Morgan fingerprint density at radius 1 is 1.03 bits per heavy atom. The van der Waals surface area contributed by atoms with Crippen LogP contribution in [-0.4, -0.2) is 15.8 Å². The number of para-hydroxylation sites is 1. The van der Waals surface area contributed by atoms with Gasteiger partial charge in [-0.15, -0.1) is 0 Å². The molecule has 5 nitrogen and oxygen atoms in total. The van der Waals surface area contributed by atoms with Crippen molar-refractivity contribution in [3.8, 4) is 5.69 Å². The number of hydrogen-bond donors (Lipinski definition) is 2. The summed E-state index contributed by atoms with van der Waals surface area (Å²) < 4.78 is 15.5. The van der Waals surface area contributed by atoms with Crippen LogP contribution in [0.15, 0.2) is 102 Å². The molecule has 2 amide bonds. The number of carbonyl (C=O) groups excluding carboxylic acids is 1. The number of rotatable bonds is 6. The Balaban J connectivity index is 1.23. The summed E-state index contributed by atoms with van der Waals surface area (Å²) in [6, 6.07) is 26.0. The number of nitrogens with one attached hydrogen (secondary N) is 2. The molecular weight excluding hydrogens is 475 g/mol. The molecule has 6 rings (SSSR count). The first kappa shape index (κ1) is 24.2. The molecule has 0 fully saturated rings. The summed E-state index contributed by atoms with van der Waals surface area (Å²) >= 11 is 0. The van der Waals surface area contributed by atoms with Gasteiger partial charge in [0, 0.05) is 23.6 Å². The maximum absolute atomic E-state index is 13.5. The second-order valence-corrected chi connectivity index (χ2v) is 10.3. The van der Waals surface area contributed by atoms with Crippen molar-refractivity contribution in [2.24, 2.45) is 5.92 Å². The van der Waals surface area contributed by atoms with E-state index in [-0.39, 0.29) is 23.8 Å². The van der Waals surface area contributed by atoms with Gasteiger partial charge in [0.25, 0.3) is 0 Å². The molecular formula is C32H31FN4O. The Labute approximate surface area is 222 Å². The third kappa shape index (κ3) is 4.74. The Morgan fingerprint density at radius 2 is 1.74 bits per heavy atom. The highest BCUT2D eigenvalue weighted by atomic mass is 19.1. The summed E-state index contributed by atoms with van der Waals surface area (Å²) in [6.07, 6.45) is 5.81. The van der Waals surface area contributed by atoms with E-state index in [4.69, 9.17) is 5.10 Å². The SMILES string of the molecule is C[C@@H]1C2=C(CC[C@@H]2CC(NC(=O)Nc2ccccc2)c2ccccc2)Cc2c1cnn2-c1ccc(F)cc1. The molecule has 1 aromatic heterocycles. The normalized spacial score (nSPS) is 19.0. The van der Waals surface area contributed by atoms with Crippen molar-refractivity contribution in [3.63, 3.8) is 0 Å². The zero-order valence-electron chi connectivity index (χ0n) is 21.4. The Morgan fingerprint density at radius 3 is 2.47 bits per heavy atom. The fraction of sp³-hybridized carbons (Fsp3) is 0.250. The molecule has 192 valence electrons. The highest BCUT2D eigenvalue weighted by Crippen LogP contribution is 2.49. The van der Waals surface area contributed by atoms with E-state index in [1.54, 1.807) is 12.1 Å². The van der Waals surface area contributed by atoms with E-state index < -0.39 is 0 Å². The highest BCUT2D eigenvalue weighted by molar-refractivity contribution is 5.89. The summed E-state index contributed by atoms with van der Waals surface area (Å²) in [6.45, 7) is 2.27. The van der Waals surface area contributed by atoms with Crippen LogP contribution in [0.25, 0.3) is 5.69 Å². The number of halogens is 1. The molecule has 0 bridgehead atoms. The van der Waals surface area contributed by atoms with E-state index >= 15 is 0 Å². The molecule has 0 radical (unpaired) electrons. The first-order valence-corrected chi connectivity index (χ1v) is 13.3. The van der Waals surface area contributed by atoms with Crippen LogP contribution in [0.4, 0.5) is 14.9 Å². The van der Waals surface area contributed by atoms with Gasteiger partial charge in [0.15, 0.2) is 0 Å². The van der Waals surface area contributed by atoms with Gasteiger partial charge in [-0.05, 0) is 67.1 Å². The van der Waals surface area contributed by atoms with Gasteiger partial charge in [-0.25, -0.2) is 13.9 Å². The topological polar surface area (TPSA) is 59.0 Å². The Kier molecular flexibility index (Phi) is 6.54. The van der Waals surface area contributed by atoms with Crippen molar-refractivity contribution in [1.29, 1.82) is 0 Å². The molecule has 38 heavy (non-hydrogen) atoms. The lowest BCUT2D eigenvalue weighted by Crippen LogP contribution is -2.34. The third-order valence-electron chi connectivity index (χ3n) is 7.99. The number of amides is 2. The van der Waals surface area contributed by atoms with Crippen LogP contribution in [0.2, 0.25) is 0 Å². The fourth-order valence-corrected chi connectivity index (χ4v) is 6.23. The minimum absolute atomic E-state index is 0.104. The van der Waals surface area contributed by atoms with Gasteiger partial charge in [0.1, 0.15) is 5.82 Å². The van der Waals surface area contributed by atoms with Crippen molar-refractivity contribution in [1.82, 2.24) is 15.1 Å². The number of carbonyl (C=O) groups is 1. The average Bonchev–Trinajstić information content (AvgIpc) is 3.55. The molecule has 6 heteroatoms. The number of allylic oxidation sites excluding steroid dienone is 2. The lowest BCUT2D eigenvalue weighted by Gasteiger charge is -2.30. The molecule has 2 aliphatic carbocycles. The summed E-state index contributed by atoms with van der Waals surface area (Å²) in [4.78, 5) is 13.0. The van der Waals surface area contributed by atoms with E-state index in [1.165, 1.54) is 34.5 Å². The van der Waals surface area contributed by atoms with E-state index in [9.17, 15) is 9.18 Å². The molecule has 0 saturated heterocycles. The van der Waals surface area contributed by atoms with Crippen LogP contribution in [0, 0.1) is 11.7 Å². The van der Waals surface area contributed by atoms with Crippen molar-refractivity contribution in [3.05, 3.63) is 125 Å². The smallest absolute Gasteiger partial charge is 0.319 e. The zero-order chi connectivity index (χ0) is 26.1. The van der Waals surface area contributed by atoms with Gasteiger partial charge in [-0.3, -0.25) is 0 Å². The largest absolute Gasteiger partial charge is 0.331 e. The van der Waals surface area contributed by atoms with Gasteiger partial charge < -0.3 is 10.6 Å². The molecule has 3 aromatic carbocycles. The van der Waals surface area contributed by atoms with E-state index in [0.29, 0.717) is 5.92 Å². The van der Waals surface area contributed by atoms with Crippen molar-refractivity contribution in [2.45, 2.75) is 44.6 Å². The predicted molar refractivity (Wildman–Crippen MR) is 148 cm³/mol. The van der Waals surface area contributed by atoms with Crippen LogP contribution in [0.5, 0.6) is 0 Å². The molecule has 3 atom stereocenters. The molecule has 0 spiro atoms. The number of fused-ring (bicyclic) bond motifs is 1. The summed E-state index contributed by atoms with van der Waals surface area (Å²) in [5.74, 6) is 0.389. The first-order valence-electron chi connectivity index (χ1n) is 13.3. The van der Waals surface area contributed by atoms with Crippen molar-refractivity contribution in [2.75, 3.05) is 5.32 Å². The summed E-state index contributed by atoms with van der Waals surface area (Å²) in [5, 5.41) is 10.9. The predicted octanol–water partition coefficient (Wildman–Crippen LogP) is 7.33. The molecule has 1 heterocycles. The minimum Gasteiger partial charge on any atom is -0.331 e. The van der Waals surface area contributed by atoms with Crippen molar-refractivity contribution < 1.29 is 9.18 Å². The maximum atomic E-state index is 13.5. The zero-order valence-corrected chi connectivity index (χ0v) is 21.4. The molecule has 0 saturated carbocycles. The number of aromatic nitrogens is 2. The molecule has 0 aliphatic heterocycles. The third-order valence-corrected chi connectivity index (χ3v) is 7.99. The van der Waals surface area contributed by atoms with Crippen LogP contribution in [-0.2, 0) is 6.42 Å². The number of urea groups is 1. The van der Waals surface area contributed by atoms with Crippen LogP contribution in [0.3, 0.4) is 0 Å². The molecule has 1 unspecified atom stereocenters. The Bertz CT molecular complexity index is 1460. The van der Waals surface area contributed by atoms with Gasteiger partial charge in [-0.2, -0.15) is 5.10 Å². The summed E-state index contributed by atoms with van der Waals surface area (Å²) in [7, 11) is 0. The van der Waals surface area contributed by atoms with Crippen LogP contribution < -0.4 is 10.6 Å². The maximum Gasteiger partial charge on any atom is 0.319 e. The first-order chi connectivity index (χ1) is 18.6. The molecule has 2 N–H and O–H groups in total. The molecule has 4 aromatic rings. The molecule has 2 aliphatic rings. The standard InChI is InChI=1S/C32H31FN4O/c1-21-28-20-34-37(27-16-14-25(33)15-17-27)30(28)19-24-13-12-23(31(21)24)18-29(22-8-4-2-5-9-22)36-32(38)35-26-10-6-3-7-11-26/h2-11,14-17,20-21,23,29H,12-13,18-19H2,1H3,(H2,35,36,38)/t21-,23+,29?/m0/s1. The monoisotopic (exact) mass is 506 g/mol. The number of nitrogens with zero attached hydrogens (tertiary/aromatic N) is 2. The minimum atomic E-state index is -0.245. The average molecular weight is 507 g/mol. The summed E-state index contributed by atoms with van der Waals surface area (Å²) in [5.41, 5.74) is 8.19. The lowest BCUT2D eigenvalue weighted by molar-refractivity contribution is 0.246. The van der Waals surface area contributed by atoms with Gasteiger partial charge >= 0.3 is 6.03 Å². The number of anilines is 1. The lowest BCUT2D eigenvalue weighted by atomic mass is 9.78. The number of benzene rings is 3. The quantitative estimate of drug-likeness (QED) is 0.269. The highest BCUT2D eigenvalue weighted by Gasteiger charge is 2.37. The van der Waals surface area contributed by atoms with Gasteiger partial charge in [0.05, 0.1) is 23.6 Å². The van der Waals surface area contributed by atoms with Crippen LogP contribution >= 0.6 is 0 Å². The van der Waals surface area contributed by atoms with E-state index in [2.05, 4.69) is 29.7 Å². The van der Waals surface area contributed by atoms with Gasteiger partial charge in [0.2, 0.25) is 0 Å². The van der Waals surface area contributed by atoms with Crippen molar-refractivity contribution >= 4 is 11.7 Å². The van der Waals surface area contributed by atoms with E-state index in [1.807, 2.05) is 59.4 Å².